The van der Waals surface area contributed by atoms with Crippen molar-refractivity contribution in [3.8, 4) is 0 Å². The van der Waals surface area contributed by atoms with Crippen molar-refractivity contribution in [3.05, 3.63) is 18.0 Å². The van der Waals surface area contributed by atoms with E-state index in [4.69, 9.17) is 4.74 Å². The molecule has 1 saturated heterocycles. The molecular formula is C13H21N3O. The summed E-state index contributed by atoms with van der Waals surface area (Å²) < 4.78 is 5.38. The molecule has 1 fully saturated rings. The molecule has 4 heteroatoms. The molecule has 1 aromatic rings. The maximum Gasteiger partial charge on any atom is 0.225 e. The molecule has 2 heterocycles. The van der Waals surface area contributed by atoms with Gasteiger partial charge in [0.1, 0.15) is 0 Å². The minimum Gasteiger partial charge on any atom is -0.381 e. The number of aromatic nitrogens is 2. The van der Waals surface area contributed by atoms with Gasteiger partial charge < -0.3 is 9.64 Å². The molecule has 0 saturated carbocycles. The molecule has 0 spiro atoms. The van der Waals surface area contributed by atoms with Crippen molar-refractivity contribution in [2.24, 2.45) is 5.92 Å². The number of anilines is 1. The molecule has 17 heavy (non-hydrogen) atoms. The number of rotatable bonds is 5. The SMILES string of the molecule is CCCc1cnc(N(C)C[C@@H]2CCOC2)nc1. The van der Waals surface area contributed by atoms with E-state index in [1.54, 1.807) is 0 Å². The molecule has 1 atom stereocenters. The van der Waals surface area contributed by atoms with Crippen molar-refractivity contribution in [2.75, 3.05) is 31.7 Å². The average molecular weight is 235 g/mol. The minimum absolute atomic E-state index is 0.624. The first-order valence-corrected chi connectivity index (χ1v) is 6.39. The fraction of sp³-hybridized carbons (Fsp3) is 0.692. The lowest BCUT2D eigenvalue weighted by atomic mass is 10.1. The number of hydrogen-bond donors (Lipinski definition) is 0. The van der Waals surface area contributed by atoms with Gasteiger partial charge >= 0.3 is 0 Å². The Hall–Kier alpha value is -1.16. The highest BCUT2D eigenvalue weighted by atomic mass is 16.5. The maximum atomic E-state index is 5.38. The van der Waals surface area contributed by atoms with Crippen molar-refractivity contribution in [1.29, 1.82) is 0 Å². The highest BCUT2D eigenvalue weighted by molar-refractivity contribution is 5.28. The van der Waals surface area contributed by atoms with Gasteiger partial charge in [-0.05, 0) is 18.4 Å². The van der Waals surface area contributed by atoms with Crippen LogP contribution in [0.4, 0.5) is 5.95 Å². The molecule has 1 aromatic heterocycles. The predicted octanol–water partition coefficient (Wildman–Crippen LogP) is 1.90. The van der Waals surface area contributed by atoms with E-state index in [1.165, 1.54) is 5.56 Å². The van der Waals surface area contributed by atoms with Gasteiger partial charge in [0.2, 0.25) is 5.95 Å². The Bertz CT molecular complexity index is 333. The molecule has 0 N–H and O–H groups in total. The zero-order valence-corrected chi connectivity index (χ0v) is 10.7. The minimum atomic E-state index is 0.624. The molecule has 94 valence electrons. The molecule has 1 aliphatic rings. The third-order valence-corrected chi connectivity index (χ3v) is 3.13. The van der Waals surface area contributed by atoms with Crippen LogP contribution in [0.1, 0.15) is 25.3 Å². The van der Waals surface area contributed by atoms with Crippen molar-refractivity contribution < 1.29 is 4.74 Å². The number of hydrogen-bond acceptors (Lipinski definition) is 4. The fourth-order valence-corrected chi connectivity index (χ4v) is 2.16. The molecule has 4 nitrogen and oxygen atoms in total. The summed E-state index contributed by atoms with van der Waals surface area (Å²) in [7, 11) is 2.05. The van der Waals surface area contributed by atoms with Gasteiger partial charge in [0, 0.05) is 38.5 Å². The highest BCUT2D eigenvalue weighted by Crippen LogP contribution is 2.15. The highest BCUT2D eigenvalue weighted by Gasteiger charge is 2.18. The Morgan fingerprint density at radius 1 is 1.41 bits per heavy atom. The van der Waals surface area contributed by atoms with Crippen LogP contribution in [0, 0.1) is 5.92 Å². The average Bonchev–Trinajstić information content (AvgIpc) is 2.83. The van der Waals surface area contributed by atoms with Crippen LogP contribution in [0.5, 0.6) is 0 Å². The van der Waals surface area contributed by atoms with Gasteiger partial charge in [-0.3, -0.25) is 0 Å². The normalized spacial score (nSPS) is 19.5. The van der Waals surface area contributed by atoms with Gasteiger partial charge in [-0.1, -0.05) is 13.3 Å². The van der Waals surface area contributed by atoms with Crippen LogP contribution >= 0.6 is 0 Å². The third-order valence-electron chi connectivity index (χ3n) is 3.13. The van der Waals surface area contributed by atoms with E-state index >= 15 is 0 Å². The molecule has 0 unspecified atom stereocenters. The Labute approximate surface area is 103 Å². The van der Waals surface area contributed by atoms with Crippen LogP contribution in [-0.2, 0) is 11.2 Å². The number of ether oxygens (including phenoxy) is 1. The number of aryl methyl sites for hydroxylation is 1. The summed E-state index contributed by atoms with van der Waals surface area (Å²) in [5, 5.41) is 0. The van der Waals surface area contributed by atoms with Gasteiger partial charge in [0.15, 0.2) is 0 Å². The zero-order valence-electron chi connectivity index (χ0n) is 10.7. The van der Waals surface area contributed by atoms with E-state index in [0.29, 0.717) is 5.92 Å². The molecule has 0 bridgehead atoms. The van der Waals surface area contributed by atoms with Gasteiger partial charge in [-0.25, -0.2) is 9.97 Å². The lowest BCUT2D eigenvalue weighted by Crippen LogP contribution is -2.27. The van der Waals surface area contributed by atoms with Gasteiger partial charge in [-0.2, -0.15) is 0 Å². The zero-order chi connectivity index (χ0) is 12.1. The summed E-state index contributed by atoms with van der Waals surface area (Å²) in [6.45, 7) is 4.92. The monoisotopic (exact) mass is 235 g/mol. The van der Waals surface area contributed by atoms with Crippen LogP contribution < -0.4 is 4.90 Å². The lowest BCUT2D eigenvalue weighted by molar-refractivity contribution is 0.186. The van der Waals surface area contributed by atoms with Gasteiger partial charge in [0.05, 0.1) is 6.61 Å². The summed E-state index contributed by atoms with van der Waals surface area (Å²) in [5.74, 6) is 1.44. The Morgan fingerprint density at radius 2 is 2.18 bits per heavy atom. The molecule has 1 aliphatic heterocycles. The Balaban J connectivity index is 1.91. The summed E-state index contributed by atoms with van der Waals surface area (Å²) >= 11 is 0. The van der Waals surface area contributed by atoms with Crippen LogP contribution in [0.2, 0.25) is 0 Å². The quantitative estimate of drug-likeness (QED) is 0.781. The lowest BCUT2D eigenvalue weighted by Gasteiger charge is -2.20. The standard InChI is InChI=1S/C13H21N3O/c1-3-4-11-7-14-13(15-8-11)16(2)9-12-5-6-17-10-12/h7-8,12H,3-6,9-10H2,1-2H3/t12-/m0/s1. The van der Waals surface area contributed by atoms with Crippen molar-refractivity contribution in [2.45, 2.75) is 26.2 Å². The number of nitrogens with zero attached hydrogens (tertiary/aromatic N) is 3. The van der Waals surface area contributed by atoms with E-state index < -0.39 is 0 Å². The van der Waals surface area contributed by atoms with Gasteiger partial charge in [0.25, 0.3) is 0 Å². The van der Waals surface area contributed by atoms with Crippen molar-refractivity contribution in [3.63, 3.8) is 0 Å². The third kappa shape index (κ3) is 3.40. The summed E-state index contributed by atoms with van der Waals surface area (Å²) in [6, 6.07) is 0. The summed E-state index contributed by atoms with van der Waals surface area (Å²) in [5.41, 5.74) is 1.22. The molecule has 2 rings (SSSR count). The smallest absolute Gasteiger partial charge is 0.225 e. The van der Waals surface area contributed by atoms with Crippen molar-refractivity contribution in [1.82, 2.24) is 9.97 Å². The second kappa shape index (κ2) is 5.96. The van der Waals surface area contributed by atoms with Crippen LogP contribution in [0.25, 0.3) is 0 Å². The van der Waals surface area contributed by atoms with E-state index in [0.717, 1.165) is 45.0 Å². The fourth-order valence-electron chi connectivity index (χ4n) is 2.16. The Kier molecular flexibility index (Phi) is 4.31. The molecule has 0 radical (unpaired) electrons. The largest absolute Gasteiger partial charge is 0.381 e. The second-order valence-corrected chi connectivity index (χ2v) is 4.75. The van der Waals surface area contributed by atoms with Crippen LogP contribution in [-0.4, -0.2) is 36.8 Å². The van der Waals surface area contributed by atoms with E-state index in [2.05, 4.69) is 21.8 Å². The second-order valence-electron chi connectivity index (χ2n) is 4.75. The van der Waals surface area contributed by atoms with E-state index in [1.807, 2.05) is 19.4 Å². The molecule has 0 aromatic carbocycles. The first-order chi connectivity index (χ1) is 8.29. The van der Waals surface area contributed by atoms with E-state index in [9.17, 15) is 0 Å². The van der Waals surface area contributed by atoms with Crippen molar-refractivity contribution >= 4 is 5.95 Å². The molecule has 0 aliphatic carbocycles. The predicted molar refractivity (Wildman–Crippen MR) is 68.2 cm³/mol. The molecular weight excluding hydrogens is 214 g/mol. The van der Waals surface area contributed by atoms with Crippen LogP contribution in [0.15, 0.2) is 12.4 Å². The maximum absolute atomic E-state index is 5.38. The van der Waals surface area contributed by atoms with Crippen LogP contribution in [0.3, 0.4) is 0 Å². The summed E-state index contributed by atoms with van der Waals surface area (Å²) in [4.78, 5) is 10.9. The van der Waals surface area contributed by atoms with E-state index in [-0.39, 0.29) is 0 Å². The first-order valence-electron chi connectivity index (χ1n) is 6.39. The summed E-state index contributed by atoms with van der Waals surface area (Å²) in [6.07, 6.45) is 7.22. The van der Waals surface area contributed by atoms with Gasteiger partial charge in [-0.15, -0.1) is 0 Å². The Morgan fingerprint density at radius 3 is 2.76 bits per heavy atom. The topological polar surface area (TPSA) is 38.2 Å². The molecule has 0 amide bonds. The first kappa shape index (κ1) is 12.3.